The molecule has 0 aliphatic carbocycles. The number of benzene rings is 1. The molecule has 0 radical (unpaired) electrons. The second-order valence-corrected chi connectivity index (χ2v) is 3.11. The second kappa shape index (κ2) is 4.18. The average molecular weight is 208 g/mol. The van der Waals surface area contributed by atoms with Gasteiger partial charge in [-0.2, -0.15) is 0 Å². The van der Waals surface area contributed by atoms with Gasteiger partial charge in [-0.3, -0.25) is 4.79 Å². The van der Waals surface area contributed by atoms with Crippen LogP contribution in [0.3, 0.4) is 0 Å². The predicted octanol–water partition coefficient (Wildman–Crippen LogP) is 0.355. The number of fused-ring (bicyclic) bond motifs is 1. The molecule has 5 nitrogen and oxygen atoms in total. The van der Waals surface area contributed by atoms with Crippen molar-refractivity contribution in [3.05, 3.63) is 18.2 Å². The highest BCUT2D eigenvalue weighted by Crippen LogP contribution is 2.32. The van der Waals surface area contributed by atoms with Gasteiger partial charge in [0.2, 0.25) is 5.91 Å². The molecule has 0 fully saturated rings. The van der Waals surface area contributed by atoms with E-state index in [0.717, 1.165) is 0 Å². The normalized spacial score (nSPS) is 13.4. The maximum Gasteiger partial charge on any atom is 0.238 e. The third-order valence-corrected chi connectivity index (χ3v) is 2.01. The van der Waals surface area contributed by atoms with E-state index in [4.69, 9.17) is 15.2 Å². The fourth-order valence-electron chi connectivity index (χ4n) is 1.33. The van der Waals surface area contributed by atoms with E-state index in [9.17, 15) is 4.79 Å². The number of nitrogens with two attached hydrogens (primary N) is 1. The van der Waals surface area contributed by atoms with E-state index < -0.39 is 0 Å². The highest BCUT2D eigenvalue weighted by atomic mass is 16.6. The van der Waals surface area contributed by atoms with E-state index in [1.165, 1.54) is 0 Å². The Hall–Kier alpha value is -1.75. The lowest BCUT2D eigenvalue weighted by Gasteiger charge is -2.18. The molecule has 0 saturated heterocycles. The van der Waals surface area contributed by atoms with Gasteiger partial charge < -0.3 is 20.5 Å². The Morgan fingerprint density at radius 2 is 2.07 bits per heavy atom. The van der Waals surface area contributed by atoms with E-state index in [2.05, 4.69) is 5.32 Å². The molecule has 1 amide bonds. The van der Waals surface area contributed by atoms with Crippen molar-refractivity contribution in [1.82, 2.24) is 0 Å². The lowest BCUT2D eigenvalue weighted by Crippen LogP contribution is -2.22. The number of hydrogen-bond acceptors (Lipinski definition) is 4. The van der Waals surface area contributed by atoms with Crippen LogP contribution in [0, 0.1) is 0 Å². The monoisotopic (exact) mass is 208 g/mol. The summed E-state index contributed by atoms with van der Waals surface area (Å²) in [6.07, 6.45) is 0. The third-order valence-electron chi connectivity index (χ3n) is 2.01. The van der Waals surface area contributed by atoms with Crippen molar-refractivity contribution in [1.29, 1.82) is 0 Å². The van der Waals surface area contributed by atoms with E-state index in [0.29, 0.717) is 30.4 Å². The molecule has 2 rings (SSSR count). The van der Waals surface area contributed by atoms with Crippen molar-refractivity contribution < 1.29 is 14.3 Å². The zero-order valence-corrected chi connectivity index (χ0v) is 8.16. The molecule has 1 aromatic carbocycles. The third kappa shape index (κ3) is 2.19. The van der Waals surface area contributed by atoms with Gasteiger partial charge in [-0.1, -0.05) is 0 Å². The smallest absolute Gasteiger partial charge is 0.238 e. The Morgan fingerprint density at radius 1 is 1.33 bits per heavy atom. The van der Waals surface area contributed by atoms with Crippen molar-refractivity contribution in [2.24, 2.45) is 5.73 Å². The number of hydrogen-bond donors (Lipinski definition) is 2. The van der Waals surface area contributed by atoms with Crippen molar-refractivity contribution >= 4 is 11.6 Å². The Morgan fingerprint density at radius 3 is 2.80 bits per heavy atom. The fourth-order valence-corrected chi connectivity index (χ4v) is 1.33. The lowest BCUT2D eigenvalue weighted by atomic mass is 10.2. The first kappa shape index (κ1) is 9.79. The molecule has 0 spiro atoms. The van der Waals surface area contributed by atoms with Gasteiger partial charge in [0.05, 0.1) is 6.54 Å². The molecule has 0 atom stereocenters. The molecule has 0 bridgehead atoms. The number of ether oxygens (including phenoxy) is 2. The molecule has 80 valence electrons. The first-order chi connectivity index (χ1) is 7.29. The minimum Gasteiger partial charge on any atom is -0.486 e. The van der Waals surface area contributed by atoms with E-state index in [1.54, 1.807) is 18.2 Å². The van der Waals surface area contributed by atoms with Crippen molar-refractivity contribution in [2.45, 2.75) is 0 Å². The Bertz CT molecular complexity index is 379. The van der Waals surface area contributed by atoms with Gasteiger partial charge in [0.25, 0.3) is 0 Å². The number of amides is 1. The number of rotatable bonds is 2. The molecule has 1 aliphatic rings. The van der Waals surface area contributed by atoms with Gasteiger partial charge in [0, 0.05) is 11.8 Å². The van der Waals surface area contributed by atoms with Crippen LogP contribution in [0.15, 0.2) is 18.2 Å². The Kier molecular flexibility index (Phi) is 2.73. The maximum absolute atomic E-state index is 11.0. The number of carbonyl (C=O) groups excluding carboxylic acids is 1. The molecule has 15 heavy (non-hydrogen) atoms. The molecule has 0 unspecified atom stereocenters. The summed E-state index contributed by atoms with van der Waals surface area (Å²) in [5, 5.41) is 2.64. The van der Waals surface area contributed by atoms with Gasteiger partial charge >= 0.3 is 0 Å². The largest absolute Gasteiger partial charge is 0.486 e. The summed E-state index contributed by atoms with van der Waals surface area (Å²) in [5.41, 5.74) is 5.85. The second-order valence-electron chi connectivity index (χ2n) is 3.11. The topological polar surface area (TPSA) is 73.6 Å². The fraction of sp³-hybridized carbons (Fsp3) is 0.300. The predicted molar refractivity (Wildman–Crippen MR) is 55.1 cm³/mol. The lowest BCUT2D eigenvalue weighted by molar-refractivity contribution is -0.114. The quantitative estimate of drug-likeness (QED) is 0.735. The Balaban J connectivity index is 2.17. The summed E-state index contributed by atoms with van der Waals surface area (Å²) < 4.78 is 10.7. The zero-order valence-electron chi connectivity index (χ0n) is 8.16. The summed E-state index contributed by atoms with van der Waals surface area (Å²) in [6, 6.07) is 5.24. The average Bonchev–Trinajstić information content (AvgIpc) is 2.29. The van der Waals surface area contributed by atoms with Crippen molar-refractivity contribution in [3.8, 4) is 11.5 Å². The van der Waals surface area contributed by atoms with E-state index in [-0.39, 0.29) is 12.5 Å². The molecule has 1 aromatic rings. The van der Waals surface area contributed by atoms with Crippen LogP contribution >= 0.6 is 0 Å². The number of anilines is 1. The molecule has 1 aliphatic heterocycles. The summed E-state index contributed by atoms with van der Waals surface area (Å²) in [6.45, 7) is 1.05. The standard InChI is InChI=1S/C10H12N2O3/c11-6-10(13)12-7-1-2-8-9(5-7)15-4-3-14-8/h1-2,5H,3-4,6,11H2,(H,12,13). The van der Waals surface area contributed by atoms with Gasteiger partial charge in [-0.25, -0.2) is 0 Å². The van der Waals surface area contributed by atoms with Crippen LogP contribution in [0.5, 0.6) is 11.5 Å². The summed E-state index contributed by atoms with van der Waals surface area (Å²) in [5.74, 6) is 1.12. The zero-order chi connectivity index (χ0) is 10.7. The van der Waals surface area contributed by atoms with E-state index in [1.807, 2.05) is 0 Å². The van der Waals surface area contributed by atoms with Crippen LogP contribution in [-0.2, 0) is 4.79 Å². The van der Waals surface area contributed by atoms with Crippen LogP contribution in [0.1, 0.15) is 0 Å². The van der Waals surface area contributed by atoms with Gasteiger partial charge in [0.1, 0.15) is 13.2 Å². The van der Waals surface area contributed by atoms with Crippen LogP contribution in [0.4, 0.5) is 5.69 Å². The van der Waals surface area contributed by atoms with Crippen LogP contribution < -0.4 is 20.5 Å². The highest BCUT2D eigenvalue weighted by molar-refractivity contribution is 5.92. The van der Waals surface area contributed by atoms with Crippen molar-refractivity contribution in [3.63, 3.8) is 0 Å². The van der Waals surface area contributed by atoms with Gasteiger partial charge in [-0.05, 0) is 12.1 Å². The molecule has 5 heteroatoms. The van der Waals surface area contributed by atoms with Crippen LogP contribution in [0.25, 0.3) is 0 Å². The molecule has 3 N–H and O–H groups in total. The Labute approximate surface area is 87.2 Å². The molecule has 0 aromatic heterocycles. The minimum atomic E-state index is -0.230. The van der Waals surface area contributed by atoms with Gasteiger partial charge in [0.15, 0.2) is 11.5 Å². The van der Waals surface area contributed by atoms with Crippen molar-refractivity contribution in [2.75, 3.05) is 25.1 Å². The summed E-state index contributed by atoms with van der Waals surface area (Å²) in [4.78, 5) is 11.0. The molecular formula is C10H12N2O3. The number of nitrogens with one attached hydrogen (secondary N) is 1. The van der Waals surface area contributed by atoms with Gasteiger partial charge in [-0.15, -0.1) is 0 Å². The minimum absolute atomic E-state index is 0.0333. The highest BCUT2D eigenvalue weighted by Gasteiger charge is 2.12. The maximum atomic E-state index is 11.0. The van der Waals surface area contributed by atoms with E-state index >= 15 is 0 Å². The summed E-state index contributed by atoms with van der Waals surface area (Å²) >= 11 is 0. The molecule has 1 heterocycles. The van der Waals surface area contributed by atoms with Crippen LogP contribution in [-0.4, -0.2) is 25.7 Å². The SMILES string of the molecule is NCC(=O)Nc1ccc2c(c1)OCCO2. The first-order valence-corrected chi connectivity index (χ1v) is 4.69. The molecule has 0 saturated carbocycles. The summed E-state index contributed by atoms with van der Waals surface area (Å²) in [7, 11) is 0. The number of carbonyl (C=O) groups is 1. The van der Waals surface area contributed by atoms with Crippen LogP contribution in [0.2, 0.25) is 0 Å². The molecular weight excluding hydrogens is 196 g/mol. The first-order valence-electron chi connectivity index (χ1n) is 4.69.